The van der Waals surface area contributed by atoms with Crippen LogP contribution in [0, 0.1) is 13.8 Å². The van der Waals surface area contributed by atoms with Crippen molar-refractivity contribution in [2.24, 2.45) is 4.99 Å². The van der Waals surface area contributed by atoms with E-state index < -0.39 is 0 Å². The van der Waals surface area contributed by atoms with Gasteiger partial charge in [0.25, 0.3) is 5.91 Å². The number of carbonyl (C=O) groups excluding carboxylic acids is 2. The number of hydrogen-bond acceptors (Lipinski definition) is 3. The number of benzene rings is 3. The van der Waals surface area contributed by atoms with Gasteiger partial charge in [-0.05, 0) is 73.4 Å². The Labute approximate surface area is 204 Å². The maximum atomic E-state index is 13.0. The average molecular weight is 468 g/mol. The first-order valence-corrected chi connectivity index (χ1v) is 11.5. The molecule has 35 heavy (non-hydrogen) atoms. The standard InChI is InChI=1S/C28H29N5O2/c1-18-7-6-10-25(19(18)2)32-28(29-16-15-22-17-30-26-9-5-4-8-24(22)26)33-27(35)21-11-13-23(14-12-21)31-20(3)34/h4-14,17,30H,15-16H2,1-3H3,(H,31,34)(H2,29,32,33,35). The Hall–Kier alpha value is -4.39. The lowest BCUT2D eigenvalue weighted by atomic mass is 10.1. The van der Waals surface area contributed by atoms with Gasteiger partial charge in [0, 0.05) is 47.5 Å². The van der Waals surface area contributed by atoms with E-state index in [0.717, 1.165) is 28.8 Å². The van der Waals surface area contributed by atoms with Crippen LogP contribution < -0.4 is 16.0 Å². The number of guanidine groups is 1. The summed E-state index contributed by atoms with van der Waals surface area (Å²) >= 11 is 0. The zero-order chi connectivity index (χ0) is 24.8. The Bertz CT molecular complexity index is 1390. The number of para-hydroxylation sites is 1. The van der Waals surface area contributed by atoms with Crippen LogP contribution in [-0.4, -0.2) is 29.3 Å². The number of aryl methyl sites for hydroxylation is 1. The van der Waals surface area contributed by atoms with Crippen molar-refractivity contribution in [3.8, 4) is 0 Å². The second kappa shape index (κ2) is 10.7. The van der Waals surface area contributed by atoms with Crippen LogP contribution in [0.1, 0.15) is 34.0 Å². The topological polar surface area (TPSA) is 98.4 Å². The predicted molar refractivity (Wildman–Crippen MR) is 142 cm³/mol. The van der Waals surface area contributed by atoms with Crippen molar-refractivity contribution in [3.63, 3.8) is 0 Å². The van der Waals surface area contributed by atoms with Crippen LogP contribution in [0.15, 0.2) is 77.9 Å². The number of fused-ring (bicyclic) bond motifs is 1. The molecule has 7 nitrogen and oxygen atoms in total. The van der Waals surface area contributed by atoms with Crippen molar-refractivity contribution >= 4 is 40.1 Å². The van der Waals surface area contributed by atoms with E-state index in [4.69, 9.17) is 4.99 Å². The van der Waals surface area contributed by atoms with Crippen LogP contribution in [0.5, 0.6) is 0 Å². The molecule has 4 aromatic rings. The fraction of sp³-hybridized carbons (Fsp3) is 0.179. The summed E-state index contributed by atoms with van der Waals surface area (Å²) in [5.41, 5.74) is 6.49. The van der Waals surface area contributed by atoms with Crippen molar-refractivity contribution in [1.29, 1.82) is 0 Å². The zero-order valence-corrected chi connectivity index (χ0v) is 20.1. The van der Waals surface area contributed by atoms with Crippen molar-refractivity contribution in [3.05, 3.63) is 95.2 Å². The summed E-state index contributed by atoms with van der Waals surface area (Å²) in [5.74, 6) is -0.0675. The van der Waals surface area contributed by atoms with Crippen molar-refractivity contribution in [2.75, 3.05) is 17.2 Å². The lowest BCUT2D eigenvalue weighted by molar-refractivity contribution is -0.114. The number of carbonyl (C=O) groups is 2. The van der Waals surface area contributed by atoms with Crippen LogP contribution >= 0.6 is 0 Å². The molecule has 3 aromatic carbocycles. The molecular weight excluding hydrogens is 438 g/mol. The van der Waals surface area contributed by atoms with E-state index in [1.807, 2.05) is 56.4 Å². The number of aliphatic imine (C=N–C) groups is 1. The van der Waals surface area contributed by atoms with Gasteiger partial charge in [0.05, 0.1) is 0 Å². The number of rotatable bonds is 6. The molecule has 1 aromatic heterocycles. The number of hydrogen-bond donors (Lipinski definition) is 4. The number of nitrogens with zero attached hydrogens (tertiary/aromatic N) is 1. The lowest BCUT2D eigenvalue weighted by Gasteiger charge is -2.15. The number of amides is 2. The Balaban J connectivity index is 1.52. The molecule has 4 N–H and O–H groups in total. The molecule has 0 bridgehead atoms. The summed E-state index contributed by atoms with van der Waals surface area (Å²) < 4.78 is 0. The summed E-state index contributed by atoms with van der Waals surface area (Å²) in [6, 6.07) is 20.9. The number of anilines is 2. The van der Waals surface area contributed by atoms with E-state index in [0.29, 0.717) is 23.8 Å². The fourth-order valence-electron chi connectivity index (χ4n) is 3.84. The maximum absolute atomic E-state index is 13.0. The van der Waals surface area contributed by atoms with E-state index >= 15 is 0 Å². The Kier molecular flexibility index (Phi) is 7.26. The normalized spacial score (nSPS) is 11.3. The molecule has 4 rings (SSSR count). The Morgan fingerprint density at radius 1 is 0.914 bits per heavy atom. The Morgan fingerprint density at radius 3 is 2.46 bits per heavy atom. The highest BCUT2D eigenvalue weighted by atomic mass is 16.2. The minimum atomic E-state index is -0.289. The van der Waals surface area contributed by atoms with Gasteiger partial charge in [-0.15, -0.1) is 0 Å². The minimum Gasteiger partial charge on any atom is -0.361 e. The van der Waals surface area contributed by atoms with Crippen LogP contribution in [-0.2, 0) is 11.2 Å². The third kappa shape index (κ3) is 5.95. The molecule has 1 heterocycles. The van der Waals surface area contributed by atoms with Gasteiger partial charge in [-0.1, -0.05) is 30.3 Å². The summed E-state index contributed by atoms with van der Waals surface area (Å²) in [6.07, 6.45) is 2.73. The fourth-order valence-corrected chi connectivity index (χ4v) is 3.84. The molecule has 0 aliphatic heterocycles. The molecule has 0 fully saturated rings. The minimum absolute atomic E-state index is 0.162. The van der Waals surface area contributed by atoms with Crippen molar-refractivity contribution in [1.82, 2.24) is 10.3 Å². The highest BCUT2D eigenvalue weighted by Crippen LogP contribution is 2.19. The molecule has 0 atom stereocenters. The van der Waals surface area contributed by atoms with Gasteiger partial charge in [-0.3, -0.25) is 19.9 Å². The number of H-pyrrole nitrogens is 1. The van der Waals surface area contributed by atoms with Gasteiger partial charge >= 0.3 is 0 Å². The van der Waals surface area contributed by atoms with Gasteiger partial charge in [-0.25, -0.2) is 0 Å². The van der Waals surface area contributed by atoms with Crippen LogP contribution in [0.3, 0.4) is 0 Å². The smallest absolute Gasteiger partial charge is 0.257 e. The van der Waals surface area contributed by atoms with Crippen LogP contribution in [0.4, 0.5) is 11.4 Å². The maximum Gasteiger partial charge on any atom is 0.257 e. The summed E-state index contributed by atoms with van der Waals surface area (Å²) in [5, 5.41) is 10.1. The molecule has 2 amide bonds. The molecule has 178 valence electrons. The first-order chi connectivity index (χ1) is 16.9. The molecule has 0 unspecified atom stereocenters. The largest absolute Gasteiger partial charge is 0.361 e. The monoisotopic (exact) mass is 467 g/mol. The van der Waals surface area contributed by atoms with Gasteiger partial charge in [0.2, 0.25) is 11.9 Å². The molecule has 0 radical (unpaired) electrons. The number of aromatic nitrogens is 1. The first kappa shape index (κ1) is 23.8. The van der Waals surface area contributed by atoms with Gasteiger partial charge in [0.15, 0.2) is 0 Å². The van der Waals surface area contributed by atoms with E-state index in [2.05, 4.69) is 27.0 Å². The number of nitrogens with one attached hydrogen (secondary N) is 4. The molecule has 0 saturated heterocycles. The molecule has 0 spiro atoms. The van der Waals surface area contributed by atoms with Gasteiger partial charge < -0.3 is 15.6 Å². The number of aromatic amines is 1. The van der Waals surface area contributed by atoms with Crippen LogP contribution in [0.25, 0.3) is 10.9 Å². The molecule has 0 aliphatic rings. The third-order valence-electron chi connectivity index (χ3n) is 5.88. The van der Waals surface area contributed by atoms with Crippen molar-refractivity contribution < 1.29 is 9.59 Å². The van der Waals surface area contributed by atoms with E-state index in [9.17, 15) is 9.59 Å². The predicted octanol–water partition coefficient (Wildman–Crippen LogP) is 5.18. The zero-order valence-electron chi connectivity index (χ0n) is 20.1. The second-order valence-corrected chi connectivity index (χ2v) is 8.42. The highest BCUT2D eigenvalue weighted by Gasteiger charge is 2.12. The van der Waals surface area contributed by atoms with Crippen molar-refractivity contribution in [2.45, 2.75) is 27.2 Å². The molecule has 0 aliphatic carbocycles. The molecule has 7 heteroatoms. The van der Waals surface area contributed by atoms with Gasteiger partial charge in [-0.2, -0.15) is 0 Å². The highest BCUT2D eigenvalue weighted by molar-refractivity contribution is 6.10. The second-order valence-electron chi connectivity index (χ2n) is 8.42. The SMILES string of the molecule is CC(=O)Nc1ccc(C(=O)NC(=NCCc2c[nH]c3ccccc23)Nc2cccc(C)c2C)cc1. The molecule has 0 saturated carbocycles. The average Bonchev–Trinajstić information content (AvgIpc) is 3.25. The summed E-state index contributed by atoms with van der Waals surface area (Å²) in [7, 11) is 0. The summed E-state index contributed by atoms with van der Waals surface area (Å²) in [6.45, 7) is 6.02. The summed E-state index contributed by atoms with van der Waals surface area (Å²) in [4.78, 5) is 32.2. The quantitative estimate of drug-likeness (QED) is 0.232. The van der Waals surface area contributed by atoms with E-state index in [-0.39, 0.29) is 11.8 Å². The van der Waals surface area contributed by atoms with E-state index in [1.54, 1.807) is 24.3 Å². The Morgan fingerprint density at radius 2 is 1.69 bits per heavy atom. The van der Waals surface area contributed by atoms with Crippen LogP contribution in [0.2, 0.25) is 0 Å². The lowest BCUT2D eigenvalue weighted by Crippen LogP contribution is -2.36. The van der Waals surface area contributed by atoms with E-state index in [1.165, 1.54) is 17.9 Å². The molecular formula is C28H29N5O2. The van der Waals surface area contributed by atoms with Gasteiger partial charge in [0.1, 0.15) is 0 Å². The first-order valence-electron chi connectivity index (χ1n) is 11.5. The third-order valence-corrected chi connectivity index (χ3v) is 5.88.